The van der Waals surface area contributed by atoms with Crippen LogP contribution in [0.15, 0.2) is 18.2 Å². The van der Waals surface area contributed by atoms with Crippen molar-refractivity contribution in [3.8, 4) is 5.75 Å². The Hall–Kier alpha value is -1.02. The van der Waals surface area contributed by atoms with Crippen LogP contribution in [0.25, 0.3) is 0 Å². The van der Waals surface area contributed by atoms with E-state index in [1.165, 1.54) is 5.56 Å². The van der Waals surface area contributed by atoms with Crippen molar-refractivity contribution in [3.05, 3.63) is 29.3 Å². The molecule has 0 spiro atoms. The molecule has 2 nitrogen and oxygen atoms in total. The second-order valence-electron chi connectivity index (χ2n) is 3.22. The fourth-order valence-electron chi connectivity index (χ4n) is 1.36. The molecule has 0 heterocycles. The molecule has 1 aromatic rings. The first-order valence-electron chi connectivity index (χ1n) is 4.61. The largest absolute Gasteiger partial charge is 0.496 e. The van der Waals surface area contributed by atoms with E-state index in [1.54, 1.807) is 7.11 Å². The number of rotatable bonds is 3. The predicted molar refractivity (Wildman–Crippen MR) is 55.0 cm³/mol. The zero-order valence-electron chi connectivity index (χ0n) is 8.50. The second kappa shape index (κ2) is 4.28. The maximum Gasteiger partial charge on any atom is 0.123 e. The van der Waals surface area contributed by atoms with Crippen molar-refractivity contribution < 1.29 is 4.74 Å². The molecule has 2 heteroatoms. The van der Waals surface area contributed by atoms with Crippen molar-refractivity contribution in [2.75, 3.05) is 7.11 Å². The van der Waals surface area contributed by atoms with Crippen molar-refractivity contribution in [2.24, 2.45) is 5.73 Å². The van der Waals surface area contributed by atoms with Gasteiger partial charge in [0, 0.05) is 11.6 Å². The molecule has 0 bridgehead atoms. The van der Waals surface area contributed by atoms with Gasteiger partial charge in [-0.05, 0) is 25.0 Å². The van der Waals surface area contributed by atoms with Crippen LogP contribution in [0.3, 0.4) is 0 Å². The first kappa shape index (κ1) is 10.1. The number of nitrogens with two attached hydrogens (primary N) is 1. The summed E-state index contributed by atoms with van der Waals surface area (Å²) in [5, 5.41) is 0. The minimum absolute atomic E-state index is 0.0291. The summed E-state index contributed by atoms with van der Waals surface area (Å²) in [5.74, 6) is 0.882. The molecule has 2 N–H and O–H groups in total. The van der Waals surface area contributed by atoms with Gasteiger partial charge in [-0.2, -0.15) is 0 Å². The highest BCUT2D eigenvalue weighted by Crippen LogP contribution is 2.24. The molecule has 0 aromatic heterocycles. The average molecular weight is 179 g/mol. The highest BCUT2D eigenvalue weighted by Gasteiger charge is 2.07. The Morgan fingerprint density at radius 1 is 1.46 bits per heavy atom. The maximum atomic E-state index is 5.83. The van der Waals surface area contributed by atoms with Gasteiger partial charge in [0.15, 0.2) is 0 Å². The number of benzene rings is 1. The lowest BCUT2D eigenvalue weighted by Crippen LogP contribution is -2.07. The van der Waals surface area contributed by atoms with Crippen molar-refractivity contribution in [1.29, 1.82) is 0 Å². The Kier molecular flexibility index (Phi) is 3.32. The third-order valence-electron chi connectivity index (χ3n) is 2.19. The van der Waals surface area contributed by atoms with E-state index in [0.29, 0.717) is 0 Å². The molecule has 1 atom stereocenters. The van der Waals surface area contributed by atoms with Crippen LogP contribution in [0.4, 0.5) is 0 Å². The van der Waals surface area contributed by atoms with Gasteiger partial charge >= 0.3 is 0 Å². The van der Waals surface area contributed by atoms with Crippen LogP contribution in [0, 0.1) is 0 Å². The highest BCUT2D eigenvalue weighted by molar-refractivity contribution is 5.39. The topological polar surface area (TPSA) is 35.2 Å². The van der Waals surface area contributed by atoms with Gasteiger partial charge in [-0.25, -0.2) is 0 Å². The molecule has 0 aliphatic carbocycles. The Labute approximate surface area is 79.7 Å². The minimum Gasteiger partial charge on any atom is -0.496 e. The lowest BCUT2D eigenvalue weighted by atomic mass is 10.0. The number of hydrogen-bond donors (Lipinski definition) is 1. The smallest absolute Gasteiger partial charge is 0.123 e. The molecule has 1 aromatic carbocycles. The SMILES string of the molecule is CCc1ccc(OC)c(C(C)N)c1. The average Bonchev–Trinajstić information content (AvgIpc) is 2.16. The first-order valence-corrected chi connectivity index (χ1v) is 4.61. The van der Waals surface area contributed by atoms with Gasteiger partial charge in [0.1, 0.15) is 5.75 Å². The number of aryl methyl sites for hydroxylation is 1. The molecule has 0 fully saturated rings. The van der Waals surface area contributed by atoms with Gasteiger partial charge in [-0.1, -0.05) is 19.1 Å². The van der Waals surface area contributed by atoms with Gasteiger partial charge < -0.3 is 10.5 Å². The monoisotopic (exact) mass is 179 g/mol. The van der Waals surface area contributed by atoms with Crippen molar-refractivity contribution in [1.82, 2.24) is 0 Å². The normalized spacial score (nSPS) is 12.6. The molecular weight excluding hydrogens is 162 g/mol. The van der Waals surface area contributed by atoms with E-state index in [4.69, 9.17) is 10.5 Å². The molecule has 0 aliphatic rings. The Bertz CT molecular complexity index is 281. The molecule has 1 unspecified atom stereocenters. The van der Waals surface area contributed by atoms with E-state index in [2.05, 4.69) is 19.1 Å². The summed E-state index contributed by atoms with van der Waals surface area (Å²) < 4.78 is 5.23. The lowest BCUT2D eigenvalue weighted by Gasteiger charge is -2.12. The molecular formula is C11H17NO. The van der Waals surface area contributed by atoms with Crippen molar-refractivity contribution >= 4 is 0 Å². The van der Waals surface area contributed by atoms with Crippen molar-refractivity contribution in [3.63, 3.8) is 0 Å². The van der Waals surface area contributed by atoms with Gasteiger partial charge in [-0.15, -0.1) is 0 Å². The standard InChI is InChI=1S/C11H17NO/c1-4-9-5-6-11(13-3)10(7-9)8(2)12/h5-8H,4,12H2,1-3H3. The molecule has 13 heavy (non-hydrogen) atoms. The summed E-state index contributed by atoms with van der Waals surface area (Å²) in [6, 6.07) is 6.20. The maximum absolute atomic E-state index is 5.83. The fourth-order valence-corrected chi connectivity index (χ4v) is 1.36. The molecule has 0 radical (unpaired) electrons. The van der Waals surface area contributed by atoms with E-state index in [0.717, 1.165) is 17.7 Å². The van der Waals surface area contributed by atoms with E-state index in [-0.39, 0.29) is 6.04 Å². The third-order valence-corrected chi connectivity index (χ3v) is 2.19. The molecule has 0 saturated carbocycles. The van der Waals surface area contributed by atoms with Crippen LogP contribution in [-0.2, 0) is 6.42 Å². The van der Waals surface area contributed by atoms with E-state index < -0.39 is 0 Å². The van der Waals surface area contributed by atoms with Gasteiger partial charge in [0.2, 0.25) is 0 Å². The zero-order chi connectivity index (χ0) is 9.84. The fraction of sp³-hybridized carbons (Fsp3) is 0.455. The summed E-state index contributed by atoms with van der Waals surface area (Å²) in [6.07, 6.45) is 1.03. The van der Waals surface area contributed by atoms with Gasteiger partial charge in [0.25, 0.3) is 0 Å². The Balaban J connectivity index is 3.10. The Morgan fingerprint density at radius 2 is 2.15 bits per heavy atom. The van der Waals surface area contributed by atoms with E-state index in [1.807, 2.05) is 13.0 Å². The molecule has 72 valence electrons. The van der Waals surface area contributed by atoms with E-state index >= 15 is 0 Å². The summed E-state index contributed by atoms with van der Waals surface area (Å²) in [5.41, 5.74) is 8.22. The van der Waals surface area contributed by atoms with E-state index in [9.17, 15) is 0 Å². The number of methoxy groups -OCH3 is 1. The third kappa shape index (κ3) is 2.22. The second-order valence-corrected chi connectivity index (χ2v) is 3.22. The molecule has 0 saturated heterocycles. The molecule has 0 aliphatic heterocycles. The van der Waals surface area contributed by atoms with Gasteiger partial charge in [0.05, 0.1) is 7.11 Å². The van der Waals surface area contributed by atoms with Crippen LogP contribution in [0.2, 0.25) is 0 Å². The van der Waals surface area contributed by atoms with Gasteiger partial charge in [-0.3, -0.25) is 0 Å². The number of hydrogen-bond acceptors (Lipinski definition) is 2. The van der Waals surface area contributed by atoms with Crippen molar-refractivity contribution in [2.45, 2.75) is 26.3 Å². The summed E-state index contributed by atoms with van der Waals surface area (Å²) >= 11 is 0. The summed E-state index contributed by atoms with van der Waals surface area (Å²) in [7, 11) is 1.67. The molecule has 1 rings (SSSR count). The van der Waals surface area contributed by atoms with Crippen LogP contribution in [-0.4, -0.2) is 7.11 Å². The summed E-state index contributed by atoms with van der Waals surface area (Å²) in [6.45, 7) is 4.10. The predicted octanol–water partition coefficient (Wildman–Crippen LogP) is 2.28. The van der Waals surface area contributed by atoms with Crippen LogP contribution in [0.1, 0.15) is 31.0 Å². The minimum atomic E-state index is 0.0291. The van der Waals surface area contributed by atoms with Crippen LogP contribution < -0.4 is 10.5 Å². The lowest BCUT2D eigenvalue weighted by molar-refractivity contribution is 0.406. The molecule has 0 amide bonds. The number of ether oxygens (including phenoxy) is 1. The first-order chi connectivity index (χ1) is 6.19. The van der Waals surface area contributed by atoms with Crippen LogP contribution >= 0.6 is 0 Å². The highest BCUT2D eigenvalue weighted by atomic mass is 16.5. The quantitative estimate of drug-likeness (QED) is 0.772. The zero-order valence-corrected chi connectivity index (χ0v) is 8.50. The van der Waals surface area contributed by atoms with Crippen LogP contribution in [0.5, 0.6) is 5.75 Å². The summed E-state index contributed by atoms with van der Waals surface area (Å²) in [4.78, 5) is 0. The Morgan fingerprint density at radius 3 is 2.62 bits per heavy atom.